The molecule has 3 heterocycles. The van der Waals surface area contributed by atoms with Crippen molar-refractivity contribution in [3.8, 4) is 12.1 Å². The van der Waals surface area contributed by atoms with Crippen molar-refractivity contribution in [2.45, 2.75) is 6.54 Å². The van der Waals surface area contributed by atoms with Crippen LogP contribution in [0.3, 0.4) is 0 Å². The third-order valence-electron chi connectivity index (χ3n) is 5.45. The maximum Gasteiger partial charge on any atom is 0.270 e. The van der Waals surface area contributed by atoms with Gasteiger partial charge in [-0.05, 0) is 29.8 Å². The minimum Gasteiger partial charge on any atom is -0.366 e. The third-order valence-corrected chi connectivity index (χ3v) is 5.70. The lowest BCUT2D eigenvalue weighted by Gasteiger charge is -2.36. The Morgan fingerprint density at radius 1 is 1.03 bits per heavy atom. The minimum atomic E-state index is -0.352. The molecule has 0 spiro atoms. The molecule has 7 nitrogen and oxygen atoms in total. The smallest absolute Gasteiger partial charge is 0.270 e. The second kappa shape index (κ2) is 8.16. The predicted octanol–water partition coefficient (Wildman–Crippen LogP) is 2.65. The lowest BCUT2D eigenvalue weighted by atomic mass is 10.1. The van der Waals surface area contributed by atoms with Gasteiger partial charge in [0.1, 0.15) is 28.9 Å². The van der Waals surface area contributed by atoms with Gasteiger partial charge >= 0.3 is 0 Å². The summed E-state index contributed by atoms with van der Waals surface area (Å²) in [5.74, 6) is 0. The summed E-state index contributed by atoms with van der Waals surface area (Å²) in [6.07, 6.45) is 0. The molecule has 0 amide bonds. The monoisotopic (exact) mass is 418 g/mol. The van der Waals surface area contributed by atoms with Crippen molar-refractivity contribution in [2.75, 3.05) is 31.1 Å². The first-order valence-electron chi connectivity index (χ1n) is 9.57. The number of nitrogens with zero attached hydrogens (tertiary/aromatic N) is 6. The number of fused-ring (bicyclic) bond motifs is 1. The standard InChI is InChI=1S/C22H19ClN6O/c1-27-19-7-6-17(12-24)26-20(19)21(18(13-25)22(27)30)29-10-8-28(9-11-29)14-15-2-4-16(23)5-3-15/h2-7H,8-11,14H2,1H3. The van der Waals surface area contributed by atoms with E-state index in [9.17, 15) is 15.3 Å². The summed E-state index contributed by atoms with van der Waals surface area (Å²) in [5, 5.41) is 19.7. The maximum absolute atomic E-state index is 12.8. The van der Waals surface area contributed by atoms with Gasteiger partial charge in [-0.25, -0.2) is 4.98 Å². The van der Waals surface area contributed by atoms with Crippen molar-refractivity contribution in [1.82, 2.24) is 14.5 Å². The van der Waals surface area contributed by atoms with Crippen LogP contribution in [0, 0.1) is 22.7 Å². The molecule has 150 valence electrons. The van der Waals surface area contributed by atoms with Crippen molar-refractivity contribution in [3.63, 3.8) is 0 Å². The lowest BCUT2D eigenvalue weighted by molar-refractivity contribution is 0.250. The zero-order chi connectivity index (χ0) is 21.3. The molecule has 1 aliphatic rings. The van der Waals surface area contributed by atoms with Crippen LogP contribution in [0.4, 0.5) is 5.69 Å². The first kappa shape index (κ1) is 19.9. The van der Waals surface area contributed by atoms with Crippen LogP contribution in [0.5, 0.6) is 0 Å². The van der Waals surface area contributed by atoms with Gasteiger partial charge in [-0.3, -0.25) is 9.69 Å². The van der Waals surface area contributed by atoms with E-state index in [0.717, 1.165) is 24.7 Å². The Labute approximate surface area is 179 Å². The van der Waals surface area contributed by atoms with Crippen LogP contribution in [0.2, 0.25) is 5.02 Å². The number of nitriles is 2. The molecule has 1 saturated heterocycles. The highest BCUT2D eigenvalue weighted by molar-refractivity contribution is 6.30. The molecule has 0 radical (unpaired) electrons. The highest BCUT2D eigenvalue weighted by Crippen LogP contribution is 2.28. The summed E-state index contributed by atoms with van der Waals surface area (Å²) in [7, 11) is 1.62. The Morgan fingerprint density at radius 2 is 1.73 bits per heavy atom. The maximum atomic E-state index is 12.8. The van der Waals surface area contributed by atoms with Crippen LogP contribution in [-0.4, -0.2) is 40.6 Å². The zero-order valence-electron chi connectivity index (χ0n) is 16.5. The lowest BCUT2D eigenvalue weighted by Crippen LogP contribution is -2.47. The van der Waals surface area contributed by atoms with E-state index in [1.165, 1.54) is 10.1 Å². The van der Waals surface area contributed by atoms with Gasteiger partial charge in [-0.15, -0.1) is 0 Å². The number of benzene rings is 1. The topological polar surface area (TPSA) is 88.9 Å². The molecular weight excluding hydrogens is 400 g/mol. The van der Waals surface area contributed by atoms with Gasteiger partial charge in [0.05, 0.1) is 11.2 Å². The van der Waals surface area contributed by atoms with Crippen LogP contribution in [0.25, 0.3) is 11.0 Å². The molecule has 8 heteroatoms. The average molecular weight is 419 g/mol. The Balaban J connectivity index is 1.66. The normalized spacial score (nSPS) is 14.5. The molecule has 3 aromatic rings. The quantitative estimate of drug-likeness (QED) is 0.649. The Kier molecular flexibility index (Phi) is 5.41. The van der Waals surface area contributed by atoms with Crippen molar-refractivity contribution in [3.05, 3.63) is 68.6 Å². The molecule has 2 aromatic heterocycles. The predicted molar refractivity (Wildman–Crippen MR) is 115 cm³/mol. The van der Waals surface area contributed by atoms with E-state index in [1.54, 1.807) is 19.2 Å². The second-order valence-corrected chi connectivity index (χ2v) is 7.70. The van der Waals surface area contributed by atoms with E-state index >= 15 is 0 Å². The van der Waals surface area contributed by atoms with E-state index in [-0.39, 0.29) is 16.8 Å². The molecule has 30 heavy (non-hydrogen) atoms. The first-order chi connectivity index (χ1) is 14.5. The van der Waals surface area contributed by atoms with Gasteiger partial charge in [0.2, 0.25) is 0 Å². The Hall–Kier alpha value is -3.39. The Bertz CT molecular complexity index is 1240. The molecule has 0 saturated carbocycles. The number of aryl methyl sites for hydroxylation is 1. The van der Waals surface area contributed by atoms with Crippen LogP contribution in [0.15, 0.2) is 41.2 Å². The molecule has 4 rings (SSSR count). The number of pyridine rings is 2. The van der Waals surface area contributed by atoms with Gasteiger partial charge in [-0.2, -0.15) is 10.5 Å². The summed E-state index contributed by atoms with van der Waals surface area (Å²) >= 11 is 5.96. The number of piperazine rings is 1. The van der Waals surface area contributed by atoms with Crippen LogP contribution >= 0.6 is 11.6 Å². The highest BCUT2D eigenvalue weighted by atomic mass is 35.5. The van der Waals surface area contributed by atoms with Crippen molar-refractivity contribution < 1.29 is 0 Å². The molecule has 0 unspecified atom stereocenters. The van der Waals surface area contributed by atoms with E-state index in [1.807, 2.05) is 35.2 Å². The molecule has 0 bridgehead atoms. The van der Waals surface area contributed by atoms with E-state index in [4.69, 9.17) is 11.6 Å². The van der Waals surface area contributed by atoms with Gasteiger partial charge in [0.15, 0.2) is 0 Å². The molecule has 0 aliphatic carbocycles. The van der Waals surface area contributed by atoms with E-state index in [2.05, 4.69) is 16.0 Å². The third kappa shape index (κ3) is 3.61. The number of hydrogen-bond donors (Lipinski definition) is 0. The summed E-state index contributed by atoms with van der Waals surface area (Å²) < 4.78 is 1.42. The number of rotatable bonds is 3. The van der Waals surface area contributed by atoms with Gasteiger partial charge in [-0.1, -0.05) is 23.7 Å². The van der Waals surface area contributed by atoms with Crippen molar-refractivity contribution in [2.24, 2.45) is 7.05 Å². The van der Waals surface area contributed by atoms with Crippen LogP contribution < -0.4 is 10.5 Å². The summed E-state index contributed by atoms with van der Waals surface area (Å²) in [5.41, 5.74) is 2.81. The summed E-state index contributed by atoms with van der Waals surface area (Å²) in [4.78, 5) is 21.6. The van der Waals surface area contributed by atoms with Gasteiger partial charge < -0.3 is 9.47 Å². The molecular formula is C22H19ClN6O. The van der Waals surface area contributed by atoms with Gasteiger partial charge in [0.25, 0.3) is 5.56 Å². The first-order valence-corrected chi connectivity index (χ1v) is 9.95. The van der Waals surface area contributed by atoms with Crippen molar-refractivity contribution in [1.29, 1.82) is 10.5 Å². The average Bonchev–Trinajstić information content (AvgIpc) is 2.78. The largest absolute Gasteiger partial charge is 0.366 e. The van der Waals surface area contributed by atoms with E-state index in [0.29, 0.717) is 29.8 Å². The molecule has 0 N–H and O–H groups in total. The Morgan fingerprint density at radius 3 is 2.37 bits per heavy atom. The molecule has 0 atom stereocenters. The number of hydrogen-bond acceptors (Lipinski definition) is 6. The molecule has 1 aromatic carbocycles. The van der Waals surface area contributed by atoms with Crippen LogP contribution in [-0.2, 0) is 13.6 Å². The zero-order valence-corrected chi connectivity index (χ0v) is 17.2. The summed E-state index contributed by atoms with van der Waals surface area (Å²) in [6.45, 7) is 3.68. The van der Waals surface area contributed by atoms with Crippen LogP contribution in [0.1, 0.15) is 16.8 Å². The highest BCUT2D eigenvalue weighted by Gasteiger charge is 2.25. The van der Waals surface area contributed by atoms with Crippen molar-refractivity contribution >= 4 is 28.3 Å². The molecule has 1 fully saturated rings. The fraction of sp³-hybridized carbons (Fsp3) is 0.273. The van der Waals surface area contributed by atoms with Gasteiger partial charge in [0, 0.05) is 44.8 Å². The molecule has 1 aliphatic heterocycles. The van der Waals surface area contributed by atoms with E-state index < -0.39 is 0 Å². The SMILES string of the molecule is Cn1c(=O)c(C#N)c(N2CCN(Cc3ccc(Cl)cc3)CC2)c2nc(C#N)ccc21. The fourth-order valence-electron chi connectivity index (χ4n) is 3.84. The number of anilines is 1. The fourth-order valence-corrected chi connectivity index (χ4v) is 3.97. The number of halogens is 1. The summed E-state index contributed by atoms with van der Waals surface area (Å²) in [6, 6.07) is 15.2. The second-order valence-electron chi connectivity index (χ2n) is 7.27. The minimum absolute atomic E-state index is 0.0683. The number of aromatic nitrogens is 2.